The number of nitrogens with one attached hydrogen (secondary N) is 1. The van der Waals surface area contributed by atoms with Crippen molar-refractivity contribution in [1.82, 2.24) is 15.0 Å². The number of benzene rings is 1. The quantitative estimate of drug-likeness (QED) is 0.800. The summed E-state index contributed by atoms with van der Waals surface area (Å²) < 4.78 is 42.9. The molecular formula is C13H12BF3N4O3. The summed E-state index contributed by atoms with van der Waals surface area (Å²) in [5.41, 5.74) is 1.51. The fraction of sp³-hybridized carbons (Fsp3) is 0.308. The lowest BCUT2D eigenvalue weighted by molar-refractivity contribution is -0.143. The van der Waals surface area contributed by atoms with Crippen molar-refractivity contribution in [1.29, 1.82) is 0 Å². The van der Waals surface area contributed by atoms with Crippen molar-refractivity contribution >= 4 is 24.2 Å². The van der Waals surface area contributed by atoms with Gasteiger partial charge in [-0.15, -0.1) is 5.10 Å². The van der Waals surface area contributed by atoms with Crippen LogP contribution in [0.1, 0.15) is 21.7 Å². The fourth-order valence-corrected chi connectivity index (χ4v) is 2.37. The summed E-state index contributed by atoms with van der Waals surface area (Å²) in [6.07, 6.45) is -4.46. The van der Waals surface area contributed by atoms with Crippen LogP contribution in [0.5, 0.6) is 0 Å². The first-order valence-corrected chi connectivity index (χ1v) is 6.95. The molecule has 0 fully saturated rings. The van der Waals surface area contributed by atoms with Crippen LogP contribution in [0.15, 0.2) is 18.2 Å². The molecule has 1 aliphatic rings. The number of nitrogens with zero attached hydrogens (tertiary/aromatic N) is 3. The van der Waals surface area contributed by atoms with Gasteiger partial charge < -0.3 is 15.0 Å². The minimum absolute atomic E-state index is 0.00866. The van der Waals surface area contributed by atoms with Gasteiger partial charge in [-0.25, -0.2) is 4.68 Å². The van der Waals surface area contributed by atoms with E-state index in [0.717, 1.165) is 5.56 Å². The van der Waals surface area contributed by atoms with Crippen LogP contribution in [0, 0.1) is 6.92 Å². The van der Waals surface area contributed by atoms with Gasteiger partial charge in [-0.2, -0.15) is 13.2 Å². The second-order valence-electron chi connectivity index (χ2n) is 5.33. The maximum Gasteiger partial charge on any atom is 0.491 e. The van der Waals surface area contributed by atoms with Gasteiger partial charge >= 0.3 is 13.3 Å². The Kier molecular flexibility index (Phi) is 4.05. The van der Waals surface area contributed by atoms with Gasteiger partial charge in [0.25, 0.3) is 5.91 Å². The second kappa shape index (κ2) is 5.91. The van der Waals surface area contributed by atoms with E-state index in [0.29, 0.717) is 15.8 Å². The molecule has 1 amide bonds. The van der Waals surface area contributed by atoms with Gasteiger partial charge in [0.05, 0.1) is 12.3 Å². The molecule has 0 aliphatic carbocycles. The zero-order chi connectivity index (χ0) is 17.5. The molecule has 1 aliphatic heterocycles. The van der Waals surface area contributed by atoms with E-state index in [9.17, 15) is 23.0 Å². The lowest BCUT2D eigenvalue weighted by Gasteiger charge is -2.08. The van der Waals surface area contributed by atoms with Crippen LogP contribution in [0.3, 0.4) is 0 Å². The Hall–Kier alpha value is -2.40. The highest BCUT2D eigenvalue weighted by molar-refractivity contribution is 6.61. The topological polar surface area (TPSA) is 89.3 Å². The number of halogens is 3. The van der Waals surface area contributed by atoms with Crippen LogP contribution in [0.2, 0.25) is 0 Å². The minimum Gasteiger partial charge on any atom is -0.423 e. The molecule has 2 aromatic rings. The van der Waals surface area contributed by atoms with E-state index in [2.05, 4.69) is 15.6 Å². The number of hydrogen-bond donors (Lipinski definition) is 2. The molecule has 0 saturated carbocycles. The molecule has 0 bridgehead atoms. The van der Waals surface area contributed by atoms with Crippen molar-refractivity contribution in [2.75, 3.05) is 5.32 Å². The van der Waals surface area contributed by atoms with Crippen LogP contribution < -0.4 is 10.8 Å². The Balaban J connectivity index is 1.78. The number of aromatic nitrogens is 3. The Morgan fingerprint density at radius 2 is 2.25 bits per heavy atom. The van der Waals surface area contributed by atoms with Crippen molar-refractivity contribution in [3.8, 4) is 0 Å². The Labute approximate surface area is 134 Å². The zero-order valence-corrected chi connectivity index (χ0v) is 12.5. The van der Waals surface area contributed by atoms with E-state index in [4.69, 9.17) is 4.65 Å². The summed E-state index contributed by atoms with van der Waals surface area (Å²) >= 11 is 0. The number of hydrogen-bond acceptors (Lipinski definition) is 5. The second-order valence-corrected chi connectivity index (χ2v) is 5.33. The van der Waals surface area contributed by atoms with Crippen LogP contribution in [0.25, 0.3) is 0 Å². The lowest BCUT2D eigenvalue weighted by atomic mass is 9.79. The third-order valence-corrected chi connectivity index (χ3v) is 3.59. The Morgan fingerprint density at radius 1 is 1.50 bits per heavy atom. The third-order valence-electron chi connectivity index (χ3n) is 3.59. The fourth-order valence-electron chi connectivity index (χ4n) is 2.37. The smallest absolute Gasteiger partial charge is 0.423 e. The first kappa shape index (κ1) is 16.5. The van der Waals surface area contributed by atoms with Gasteiger partial charge in [0, 0.05) is 5.69 Å². The highest BCUT2D eigenvalue weighted by Crippen LogP contribution is 2.19. The van der Waals surface area contributed by atoms with Crippen LogP contribution in [-0.4, -0.2) is 39.2 Å². The van der Waals surface area contributed by atoms with Crippen molar-refractivity contribution in [3.05, 3.63) is 35.2 Å². The van der Waals surface area contributed by atoms with Gasteiger partial charge in [0.1, 0.15) is 6.54 Å². The monoisotopic (exact) mass is 340 g/mol. The Bertz CT molecular complexity index is 793. The number of fused-ring (bicyclic) bond motifs is 1. The molecule has 2 heterocycles. The first-order chi connectivity index (χ1) is 11.2. The summed E-state index contributed by atoms with van der Waals surface area (Å²) in [4.78, 5) is 12.2. The normalized spacial score (nSPS) is 14.0. The molecule has 11 heteroatoms. The minimum atomic E-state index is -4.46. The zero-order valence-electron chi connectivity index (χ0n) is 12.5. The number of carbonyl (C=O) groups excluding carboxylic acids is 1. The van der Waals surface area contributed by atoms with Gasteiger partial charge in [-0.3, -0.25) is 4.79 Å². The molecule has 3 rings (SSSR count). The molecule has 24 heavy (non-hydrogen) atoms. The van der Waals surface area contributed by atoms with E-state index < -0.39 is 25.7 Å². The largest absolute Gasteiger partial charge is 0.491 e. The average Bonchev–Trinajstić information content (AvgIpc) is 3.02. The number of anilines is 1. The van der Waals surface area contributed by atoms with E-state index in [1.807, 2.05) is 0 Å². The van der Waals surface area contributed by atoms with Gasteiger partial charge in [0.2, 0.25) is 0 Å². The number of amides is 1. The number of rotatable bonds is 3. The van der Waals surface area contributed by atoms with E-state index >= 15 is 0 Å². The standard InChI is InChI=1S/C13H12BF3N4O3/c1-7-11(19-20-21(7)6-13(15,16)17)12(22)18-9-3-2-8-5-24-14(23)10(8)4-9/h2-4,23H,5-6H2,1H3,(H,18,22). The van der Waals surface area contributed by atoms with Gasteiger partial charge in [0.15, 0.2) is 5.69 Å². The predicted molar refractivity (Wildman–Crippen MR) is 77.6 cm³/mol. The highest BCUT2D eigenvalue weighted by Gasteiger charge is 2.31. The summed E-state index contributed by atoms with van der Waals surface area (Å²) in [5.74, 6) is -0.686. The molecule has 126 valence electrons. The van der Waals surface area contributed by atoms with Crippen LogP contribution >= 0.6 is 0 Å². The summed E-state index contributed by atoms with van der Waals surface area (Å²) in [5, 5.41) is 19.0. The average molecular weight is 340 g/mol. The number of carbonyl (C=O) groups is 1. The summed E-state index contributed by atoms with van der Waals surface area (Å²) in [7, 11) is -1.06. The molecule has 0 unspecified atom stereocenters. The number of alkyl halides is 3. The maximum absolute atomic E-state index is 12.4. The summed E-state index contributed by atoms with van der Waals surface area (Å²) in [6, 6.07) is 4.84. The molecule has 2 N–H and O–H groups in total. The van der Waals surface area contributed by atoms with E-state index in [1.165, 1.54) is 6.92 Å². The molecule has 0 spiro atoms. The summed E-state index contributed by atoms with van der Waals surface area (Å²) in [6.45, 7) is 0.290. The lowest BCUT2D eigenvalue weighted by Crippen LogP contribution is -2.28. The molecule has 1 aromatic heterocycles. The molecule has 0 radical (unpaired) electrons. The van der Waals surface area contributed by atoms with Crippen molar-refractivity contribution in [2.45, 2.75) is 26.3 Å². The van der Waals surface area contributed by atoms with Crippen molar-refractivity contribution in [2.24, 2.45) is 0 Å². The maximum atomic E-state index is 12.4. The van der Waals surface area contributed by atoms with Crippen molar-refractivity contribution < 1.29 is 27.6 Å². The molecule has 7 nitrogen and oxygen atoms in total. The van der Waals surface area contributed by atoms with Gasteiger partial charge in [-0.05, 0) is 30.1 Å². The molecular weight excluding hydrogens is 328 g/mol. The molecule has 0 atom stereocenters. The van der Waals surface area contributed by atoms with Crippen LogP contribution in [0.4, 0.5) is 18.9 Å². The van der Waals surface area contributed by atoms with Gasteiger partial charge in [-0.1, -0.05) is 11.3 Å². The SMILES string of the molecule is Cc1c(C(=O)Nc2ccc3c(c2)B(O)OC3)nnn1CC(F)(F)F. The van der Waals surface area contributed by atoms with E-state index in [-0.39, 0.29) is 18.0 Å². The molecule has 1 aromatic carbocycles. The molecule has 0 saturated heterocycles. The first-order valence-electron chi connectivity index (χ1n) is 6.95. The van der Waals surface area contributed by atoms with Crippen LogP contribution in [-0.2, 0) is 17.8 Å². The van der Waals surface area contributed by atoms with Crippen molar-refractivity contribution in [3.63, 3.8) is 0 Å². The highest BCUT2D eigenvalue weighted by atomic mass is 19.4. The predicted octanol–water partition coefficient (Wildman–Crippen LogP) is 0.619. The Morgan fingerprint density at radius 3 is 2.96 bits per heavy atom. The van der Waals surface area contributed by atoms with E-state index in [1.54, 1.807) is 18.2 Å². The third kappa shape index (κ3) is 3.26.